The number of halogens is 1. The molecule has 1 N–H and O–H groups in total. The Bertz CT molecular complexity index is 530. The lowest BCUT2D eigenvalue weighted by atomic mass is 10.3. The first-order valence-corrected chi connectivity index (χ1v) is 6.08. The summed E-state index contributed by atoms with van der Waals surface area (Å²) in [5.74, 6) is 1.03. The van der Waals surface area contributed by atoms with Crippen molar-refractivity contribution in [2.24, 2.45) is 0 Å². The summed E-state index contributed by atoms with van der Waals surface area (Å²) in [6.45, 7) is 7.99. The van der Waals surface area contributed by atoms with Crippen LogP contribution in [0, 0.1) is 0 Å². The topological polar surface area (TPSA) is 29.9 Å². The van der Waals surface area contributed by atoms with Crippen LogP contribution in [-0.4, -0.2) is 16.1 Å². The number of fused-ring (bicyclic) bond motifs is 1. The van der Waals surface area contributed by atoms with Gasteiger partial charge >= 0.3 is 0 Å². The van der Waals surface area contributed by atoms with Crippen LogP contribution in [-0.2, 0) is 13.1 Å². The van der Waals surface area contributed by atoms with Gasteiger partial charge in [-0.3, -0.25) is 0 Å². The molecule has 17 heavy (non-hydrogen) atoms. The molecule has 0 aliphatic rings. The number of para-hydroxylation sites is 2. The fourth-order valence-electron chi connectivity index (χ4n) is 1.92. The predicted octanol–water partition coefficient (Wildman–Crippen LogP) is 2.90. The molecule has 0 atom stereocenters. The van der Waals surface area contributed by atoms with Gasteiger partial charge in [-0.2, -0.15) is 0 Å². The van der Waals surface area contributed by atoms with Crippen molar-refractivity contribution in [2.45, 2.75) is 20.0 Å². The van der Waals surface area contributed by atoms with Crippen molar-refractivity contribution in [3.8, 4) is 0 Å². The van der Waals surface area contributed by atoms with Crippen LogP contribution >= 0.6 is 11.6 Å². The number of aryl methyl sites for hydroxylation is 1. The Kier molecular flexibility index (Phi) is 3.82. The van der Waals surface area contributed by atoms with E-state index >= 15 is 0 Å². The number of nitrogens with one attached hydrogen (secondary N) is 1. The van der Waals surface area contributed by atoms with Crippen molar-refractivity contribution in [1.82, 2.24) is 14.9 Å². The molecular weight excluding hydrogens is 234 g/mol. The number of aromatic nitrogens is 2. The van der Waals surface area contributed by atoms with Crippen molar-refractivity contribution >= 4 is 22.6 Å². The van der Waals surface area contributed by atoms with Gasteiger partial charge in [0.15, 0.2) is 0 Å². The zero-order valence-corrected chi connectivity index (χ0v) is 10.7. The Morgan fingerprint density at radius 2 is 2.24 bits per heavy atom. The SMILES string of the molecule is C=C(Cl)CNCc1nc2ccccc2n1CC. The van der Waals surface area contributed by atoms with E-state index in [1.54, 1.807) is 0 Å². The van der Waals surface area contributed by atoms with Crippen LogP contribution in [0.5, 0.6) is 0 Å². The third kappa shape index (κ3) is 2.68. The lowest BCUT2D eigenvalue weighted by Gasteiger charge is -2.06. The van der Waals surface area contributed by atoms with Crippen molar-refractivity contribution < 1.29 is 0 Å². The van der Waals surface area contributed by atoms with E-state index in [2.05, 4.69) is 34.4 Å². The summed E-state index contributed by atoms with van der Waals surface area (Å²) >= 11 is 5.71. The molecule has 0 saturated heterocycles. The van der Waals surface area contributed by atoms with E-state index in [-0.39, 0.29) is 0 Å². The third-order valence-electron chi connectivity index (χ3n) is 2.65. The maximum Gasteiger partial charge on any atom is 0.123 e. The van der Waals surface area contributed by atoms with E-state index in [4.69, 9.17) is 11.6 Å². The largest absolute Gasteiger partial charge is 0.327 e. The molecule has 0 saturated carbocycles. The summed E-state index contributed by atoms with van der Waals surface area (Å²) in [5.41, 5.74) is 2.22. The van der Waals surface area contributed by atoms with Gasteiger partial charge in [-0.25, -0.2) is 4.98 Å². The van der Waals surface area contributed by atoms with Gasteiger partial charge in [-0.1, -0.05) is 30.3 Å². The van der Waals surface area contributed by atoms with Crippen LogP contribution in [0.15, 0.2) is 35.9 Å². The Morgan fingerprint density at radius 1 is 1.47 bits per heavy atom. The maximum atomic E-state index is 5.71. The molecular formula is C13H16ClN3. The highest BCUT2D eigenvalue weighted by Crippen LogP contribution is 2.15. The quantitative estimate of drug-likeness (QED) is 0.883. The molecule has 1 aromatic carbocycles. The van der Waals surface area contributed by atoms with Gasteiger partial charge in [-0.05, 0) is 19.1 Å². The predicted molar refractivity (Wildman–Crippen MR) is 72.1 cm³/mol. The van der Waals surface area contributed by atoms with E-state index in [0.717, 1.165) is 17.9 Å². The zero-order chi connectivity index (χ0) is 12.3. The summed E-state index contributed by atoms with van der Waals surface area (Å²) in [7, 11) is 0. The Balaban J connectivity index is 2.24. The summed E-state index contributed by atoms with van der Waals surface area (Å²) in [6, 6.07) is 8.17. The van der Waals surface area contributed by atoms with Crippen LogP contribution in [0.1, 0.15) is 12.7 Å². The highest BCUT2D eigenvalue weighted by molar-refractivity contribution is 6.29. The monoisotopic (exact) mass is 249 g/mol. The molecule has 0 spiro atoms. The van der Waals surface area contributed by atoms with Crippen molar-refractivity contribution in [2.75, 3.05) is 6.54 Å². The van der Waals surface area contributed by atoms with Gasteiger partial charge in [0, 0.05) is 18.1 Å². The highest BCUT2D eigenvalue weighted by Gasteiger charge is 2.07. The van der Waals surface area contributed by atoms with Crippen LogP contribution in [0.2, 0.25) is 0 Å². The van der Waals surface area contributed by atoms with Gasteiger partial charge < -0.3 is 9.88 Å². The fourth-order valence-corrected chi connectivity index (χ4v) is 2.02. The summed E-state index contributed by atoms with van der Waals surface area (Å²) in [5, 5.41) is 3.84. The molecule has 2 aromatic rings. The van der Waals surface area contributed by atoms with Crippen LogP contribution in [0.25, 0.3) is 11.0 Å². The van der Waals surface area contributed by atoms with E-state index in [1.165, 1.54) is 5.52 Å². The van der Waals surface area contributed by atoms with Gasteiger partial charge in [0.2, 0.25) is 0 Å². The molecule has 0 aliphatic heterocycles. The Hall–Kier alpha value is -1.32. The van der Waals surface area contributed by atoms with Gasteiger partial charge in [-0.15, -0.1) is 0 Å². The second-order valence-corrected chi connectivity index (χ2v) is 4.42. The molecule has 3 nitrogen and oxygen atoms in total. The van der Waals surface area contributed by atoms with Gasteiger partial charge in [0.25, 0.3) is 0 Å². The molecule has 90 valence electrons. The molecule has 0 aliphatic carbocycles. The van der Waals surface area contributed by atoms with Crippen LogP contribution in [0.4, 0.5) is 0 Å². The molecule has 1 heterocycles. The Morgan fingerprint density at radius 3 is 2.94 bits per heavy atom. The van der Waals surface area contributed by atoms with Crippen LogP contribution < -0.4 is 5.32 Å². The molecule has 1 aromatic heterocycles. The minimum Gasteiger partial charge on any atom is -0.327 e. The maximum absolute atomic E-state index is 5.71. The summed E-state index contributed by atoms with van der Waals surface area (Å²) in [6.07, 6.45) is 0. The fraction of sp³-hybridized carbons (Fsp3) is 0.308. The molecule has 0 unspecified atom stereocenters. The lowest BCUT2D eigenvalue weighted by Crippen LogP contribution is -2.18. The Labute approximate surface area is 106 Å². The van der Waals surface area contributed by atoms with E-state index in [1.807, 2.05) is 18.2 Å². The third-order valence-corrected chi connectivity index (χ3v) is 2.78. The standard InChI is InChI=1S/C13H16ClN3/c1-3-17-12-7-5-4-6-11(12)16-13(17)9-15-8-10(2)14/h4-7,15H,2-3,8-9H2,1H3. The van der Waals surface area contributed by atoms with E-state index in [9.17, 15) is 0 Å². The first-order valence-electron chi connectivity index (χ1n) is 5.70. The molecule has 0 radical (unpaired) electrons. The van der Waals surface area contributed by atoms with Crippen molar-refractivity contribution in [1.29, 1.82) is 0 Å². The van der Waals surface area contributed by atoms with Crippen molar-refractivity contribution in [3.05, 3.63) is 41.7 Å². The average Bonchev–Trinajstić information content (AvgIpc) is 2.66. The first-order chi connectivity index (χ1) is 8.22. The average molecular weight is 250 g/mol. The normalized spacial score (nSPS) is 10.9. The molecule has 0 fully saturated rings. The second-order valence-electron chi connectivity index (χ2n) is 3.88. The number of rotatable bonds is 5. The van der Waals surface area contributed by atoms with Crippen LogP contribution in [0.3, 0.4) is 0 Å². The summed E-state index contributed by atoms with van der Waals surface area (Å²) < 4.78 is 2.21. The minimum absolute atomic E-state index is 0.606. The summed E-state index contributed by atoms with van der Waals surface area (Å²) in [4.78, 5) is 4.61. The zero-order valence-electron chi connectivity index (χ0n) is 9.91. The number of hydrogen-bond acceptors (Lipinski definition) is 2. The van der Waals surface area contributed by atoms with Gasteiger partial charge in [0.1, 0.15) is 5.82 Å². The number of benzene rings is 1. The molecule has 0 bridgehead atoms. The number of imidazole rings is 1. The molecule has 2 rings (SSSR count). The molecule has 4 heteroatoms. The van der Waals surface area contributed by atoms with Crippen molar-refractivity contribution in [3.63, 3.8) is 0 Å². The van der Waals surface area contributed by atoms with Gasteiger partial charge in [0.05, 0.1) is 17.6 Å². The highest BCUT2D eigenvalue weighted by atomic mass is 35.5. The lowest BCUT2D eigenvalue weighted by molar-refractivity contribution is 0.649. The van der Waals surface area contributed by atoms with E-state index in [0.29, 0.717) is 18.1 Å². The molecule has 0 amide bonds. The number of nitrogens with zero attached hydrogens (tertiary/aromatic N) is 2. The minimum atomic E-state index is 0.606. The number of hydrogen-bond donors (Lipinski definition) is 1. The first kappa shape index (κ1) is 12.1. The van der Waals surface area contributed by atoms with E-state index < -0.39 is 0 Å². The second kappa shape index (κ2) is 5.34. The smallest absolute Gasteiger partial charge is 0.123 e.